The Morgan fingerprint density at radius 2 is 2.08 bits per heavy atom. The number of fused-ring (bicyclic) bond motifs is 1. The second-order valence-electron chi connectivity index (χ2n) is 5.20. The van der Waals surface area contributed by atoms with Crippen molar-refractivity contribution in [3.63, 3.8) is 0 Å². The SMILES string of the molecule is CCc1c(C(=O)O)[nH]c2c(N)cc(-c3cccnc3)cc2c1=O.Cl. The summed E-state index contributed by atoms with van der Waals surface area (Å²) in [5.41, 5.74) is 8.13. The van der Waals surface area contributed by atoms with E-state index in [1.165, 1.54) is 0 Å². The predicted octanol–water partition coefficient (Wildman–Crippen LogP) is 2.85. The Kier molecular flexibility index (Phi) is 4.90. The maximum absolute atomic E-state index is 12.7. The van der Waals surface area contributed by atoms with Crippen molar-refractivity contribution in [2.24, 2.45) is 0 Å². The van der Waals surface area contributed by atoms with E-state index in [9.17, 15) is 14.7 Å². The maximum Gasteiger partial charge on any atom is 0.352 e. The number of hydrogen-bond acceptors (Lipinski definition) is 4. The fraction of sp³-hybridized carbons (Fsp3) is 0.118. The second kappa shape index (κ2) is 6.72. The van der Waals surface area contributed by atoms with Gasteiger partial charge in [-0.15, -0.1) is 12.4 Å². The molecule has 2 aromatic heterocycles. The van der Waals surface area contributed by atoms with Crippen molar-refractivity contribution in [1.29, 1.82) is 0 Å². The lowest BCUT2D eigenvalue weighted by Gasteiger charge is -2.11. The van der Waals surface area contributed by atoms with E-state index >= 15 is 0 Å². The number of rotatable bonds is 3. The summed E-state index contributed by atoms with van der Waals surface area (Å²) in [6.07, 6.45) is 3.67. The first-order valence-corrected chi connectivity index (χ1v) is 7.15. The molecule has 0 saturated heterocycles. The molecule has 7 heteroatoms. The average Bonchev–Trinajstić information content (AvgIpc) is 2.55. The van der Waals surface area contributed by atoms with Crippen molar-refractivity contribution >= 4 is 35.0 Å². The van der Waals surface area contributed by atoms with E-state index in [0.29, 0.717) is 23.0 Å². The number of nitrogens with two attached hydrogens (primary N) is 1. The molecule has 0 saturated carbocycles. The molecular weight excluding hydrogens is 330 g/mol. The molecular formula is C17H16ClN3O3. The van der Waals surface area contributed by atoms with E-state index in [4.69, 9.17) is 5.73 Å². The lowest BCUT2D eigenvalue weighted by Crippen LogP contribution is -2.18. The first-order chi connectivity index (χ1) is 11.0. The van der Waals surface area contributed by atoms with Crippen LogP contribution in [-0.4, -0.2) is 21.0 Å². The minimum atomic E-state index is -1.17. The van der Waals surface area contributed by atoms with E-state index in [1.54, 1.807) is 37.5 Å². The zero-order valence-electron chi connectivity index (χ0n) is 12.9. The van der Waals surface area contributed by atoms with Gasteiger partial charge in [-0.3, -0.25) is 9.78 Å². The molecule has 3 aromatic rings. The fourth-order valence-corrected chi connectivity index (χ4v) is 2.68. The van der Waals surface area contributed by atoms with Crippen LogP contribution in [0.1, 0.15) is 23.0 Å². The van der Waals surface area contributed by atoms with Gasteiger partial charge in [-0.2, -0.15) is 0 Å². The molecule has 3 rings (SSSR count). The molecule has 0 fully saturated rings. The van der Waals surface area contributed by atoms with Crippen LogP contribution >= 0.6 is 12.4 Å². The predicted molar refractivity (Wildman–Crippen MR) is 95.8 cm³/mol. The van der Waals surface area contributed by atoms with Crippen molar-refractivity contribution in [2.45, 2.75) is 13.3 Å². The van der Waals surface area contributed by atoms with E-state index in [2.05, 4.69) is 9.97 Å². The Morgan fingerprint density at radius 1 is 1.33 bits per heavy atom. The molecule has 0 unspecified atom stereocenters. The number of nitrogens with zero attached hydrogens (tertiary/aromatic N) is 1. The lowest BCUT2D eigenvalue weighted by atomic mass is 10.0. The van der Waals surface area contributed by atoms with Gasteiger partial charge in [-0.25, -0.2) is 4.79 Å². The van der Waals surface area contributed by atoms with Crippen LogP contribution in [0, 0.1) is 0 Å². The summed E-state index contributed by atoms with van der Waals surface area (Å²) < 4.78 is 0. The molecule has 0 amide bonds. The Labute approximate surface area is 143 Å². The number of nitrogen functional groups attached to an aromatic ring is 1. The average molecular weight is 346 g/mol. The van der Waals surface area contributed by atoms with Crippen molar-refractivity contribution in [3.05, 3.63) is 58.1 Å². The van der Waals surface area contributed by atoms with E-state index in [-0.39, 0.29) is 29.1 Å². The number of carboxylic acids is 1. The summed E-state index contributed by atoms with van der Waals surface area (Å²) in [6.45, 7) is 1.75. The number of carbonyl (C=O) groups is 1. The lowest BCUT2D eigenvalue weighted by molar-refractivity contribution is 0.0689. The highest BCUT2D eigenvalue weighted by molar-refractivity contribution is 5.98. The molecule has 0 radical (unpaired) electrons. The third-order valence-corrected chi connectivity index (χ3v) is 3.80. The number of anilines is 1. The molecule has 0 aliphatic rings. The molecule has 124 valence electrons. The summed E-state index contributed by atoms with van der Waals surface area (Å²) in [5, 5.41) is 9.67. The van der Waals surface area contributed by atoms with Gasteiger partial charge in [-0.05, 0) is 30.2 Å². The van der Waals surface area contributed by atoms with E-state index in [1.807, 2.05) is 6.07 Å². The Balaban J connectivity index is 0.00000208. The number of nitrogens with one attached hydrogen (secondary N) is 1. The number of aromatic nitrogens is 2. The van der Waals surface area contributed by atoms with Gasteiger partial charge < -0.3 is 15.8 Å². The maximum atomic E-state index is 12.7. The minimum absolute atomic E-state index is 0. The molecule has 2 heterocycles. The monoisotopic (exact) mass is 345 g/mol. The number of aromatic amines is 1. The van der Waals surface area contributed by atoms with Crippen LogP contribution in [0.15, 0.2) is 41.5 Å². The summed E-state index contributed by atoms with van der Waals surface area (Å²) in [5.74, 6) is -1.17. The summed E-state index contributed by atoms with van der Waals surface area (Å²) in [6, 6.07) is 7.08. The molecule has 6 nitrogen and oxygen atoms in total. The fourth-order valence-electron chi connectivity index (χ4n) is 2.68. The van der Waals surface area contributed by atoms with Crippen LogP contribution in [-0.2, 0) is 6.42 Å². The molecule has 0 aliphatic carbocycles. The molecule has 0 atom stereocenters. The van der Waals surface area contributed by atoms with Gasteiger partial charge in [0, 0.05) is 28.9 Å². The number of hydrogen-bond donors (Lipinski definition) is 3. The highest BCUT2D eigenvalue weighted by Gasteiger charge is 2.17. The van der Waals surface area contributed by atoms with Crippen LogP contribution in [0.3, 0.4) is 0 Å². The summed E-state index contributed by atoms with van der Waals surface area (Å²) >= 11 is 0. The highest BCUT2D eigenvalue weighted by atomic mass is 35.5. The van der Waals surface area contributed by atoms with Gasteiger partial charge in [0.2, 0.25) is 0 Å². The van der Waals surface area contributed by atoms with Gasteiger partial charge in [0.1, 0.15) is 5.69 Å². The van der Waals surface area contributed by atoms with Crippen molar-refractivity contribution < 1.29 is 9.90 Å². The zero-order valence-corrected chi connectivity index (χ0v) is 13.7. The van der Waals surface area contributed by atoms with Crippen LogP contribution < -0.4 is 11.2 Å². The van der Waals surface area contributed by atoms with Crippen molar-refractivity contribution in [3.8, 4) is 11.1 Å². The highest BCUT2D eigenvalue weighted by Crippen LogP contribution is 2.27. The normalized spacial score (nSPS) is 10.4. The number of benzene rings is 1. The largest absolute Gasteiger partial charge is 0.477 e. The molecule has 1 aromatic carbocycles. The number of pyridine rings is 2. The van der Waals surface area contributed by atoms with Crippen LogP contribution in [0.4, 0.5) is 5.69 Å². The Hall–Kier alpha value is -2.86. The van der Waals surface area contributed by atoms with Crippen LogP contribution in [0.2, 0.25) is 0 Å². The zero-order chi connectivity index (χ0) is 16.6. The first kappa shape index (κ1) is 17.5. The summed E-state index contributed by atoms with van der Waals surface area (Å²) in [7, 11) is 0. The third-order valence-electron chi connectivity index (χ3n) is 3.80. The van der Waals surface area contributed by atoms with Gasteiger partial charge >= 0.3 is 5.97 Å². The van der Waals surface area contributed by atoms with Crippen LogP contribution in [0.25, 0.3) is 22.0 Å². The molecule has 0 bridgehead atoms. The van der Waals surface area contributed by atoms with Crippen LogP contribution in [0.5, 0.6) is 0 Å². The van der Waals surface area contributed by atoms with Crippen molar-refractivity contribution in [2.75, 3.05) is 5.73 Å². The number of H-pyrrole nitrogens is 1. The Morgan fingerprint density at radius 3 is 2.67 bits per heavy atom. The van der Waals surface area contributed by atoms with E-state index in [0.717, 1.165) is 11.1 Å². The minimum Gasteiger partial charge on any atom is -0.477 e. The third kappa shape index (κ3) is 2.83. The van der Waals surface area contributed by atoms with Crippen molar-refractivity contribution in [1.82, 2.24) is 9.97 Å². The second-order valence-corrected chi connectivity index (χ2v) is 5.20. The quantitative estimate of drug-likeness (QED) is 0.632. The number of halogens is 1. The van der Waals surface area contributed by atoms with Gasteiger partial charge in [0.25, 0.3) is 0 Å². The summed E-state index contributed by atoms with van der Waals surface area (Å²) in [4.78, 5) is 30.9. The van der Waals surface area contributed by atoms with Gasteiger partial charge in [0.05, 0.1) is 11.2 Å². The molecule has 4 N–H and O–H groups in total. The standard InChI is InChI=1S/C17H15N3O3.ClH/c1-2-11-15(17(22)23)20-14-12(16(11)21)6-10(7-13(14)18)9-4-3-5-19-8-9;/h3-8H,2,18H2,1H3,(H,20,21)(H,22,23);1H. The number of carboxylic acid groups (broad SMARTS) is 1. The molecule has 0 aliphatic heterocycles. The molecule has 24 heavy (non-hydrogen) atoms. The van der Waals surface area contributed by atoms with Gasteiger partial charge in [0.15, 0.2) is 5.43 Å². The van der Waals surface area contributed by atoms with Gasteiger partial charge in [-0.1, -0.05) is 13.0 Å². The smallest absolute Gasteiger partial charge is 0.352 e. The topological polar surface area (TPSA) is 109 Å². The molecule has 0 spiro atoms. The Bertz CT molecular complexity index is 968. The number of aromatic carboxylic acids is 1. The first-order valence-electron chi connectivity index (χ1n) is 7.15. The van der Waals surface area contributed by atoms with E-state index < -0.39 is 5.97 Å².